The van der Waals surface area contributed by atoms with Crippen molar-refractivity contribution in [2.24, 2.45) is 7.05 Å². The van der Waals surface area contributed by atoms with Crippen LogP contribution < -0.4 is 0 Å². The van der Waals surface area contributed by atoms with Gasteiger partial charge in [0.05, 0.1) is 12.0 Å². The maximum atomic E-state index is 4.22. The van der Waals surface area contributed by atoms with E-state index >= 15 is 0 Å². The molecule has 2 heterocycles. The standard InChI is InChI=1S/C9H8IN3/c1-13-6-12-9(10)8(13)7-2-4-11-5-3-7/h2-6H,1H3. The molecular weight excluding hydrogens is 277 g/mol. The van der Waals surface area contributed by atoms with Crippen molar-refractivity contribution in [3.63, 3.8) is 0 Å². The topological polar surface area (TPSA) is 30.7 Å². The molecule has 0 fully saturated rings. The number of hydrogen-bond donors (Lipinski definition) is 0. The van der Waals surface area contributed by atoms with Gasteiger partial charge < -0.3 is 4.57 Å². The van der Waals surface area contributed by atoms with Gasteiger partial charge in [-0.1, -0.05) is 0 Å². The van der Waals surface area contributed by atoms with Crippen LogP contribution in [-0.4, -0.2) is 14.5 Å². The molecule has 0 aliphatic rings. The molecule has 0 saturated carbocycles. The summed E-state index contributed by atoms with van der Waals surface area (Å²) in [5.74, 6) is 0. The van der Waals surface area contributed by atoms with Gasteiger partial charge in [-0.25, -0.2) is 4.98 Å². The maximum absolute atomic E-state index is 4.22. The van der Waals surface area contributed by atoms with Gasteiger partial charge in [-0.05, 0) is 34.7 Å². The third kappa shape index (κ3) is 1.58. The zero-order valence-electron chi connectivity index (χ0n) is 7.11. The van der Waals surface area contributed by atoms with Gasteiger partial charge in [0.2, 0.25) is 0 Å². The van der Waals surface area contributed by atoms with Crippen LogP contribution in [0.25, 0.3) is 11.3 Å². The first-order chi connectivity index (χ1) is 6.29. The van der Waals surface area contributed by atoms with E-state index < -0.39 is 0 Å². The zero-order valence-corrected chi connectivity index (χ0v) is 9.26. The van der Waals surface area contributed by atoms with Crippen LogP contribution in [-0.2, 0) is 7.05 Å². The van der Waals surface area contributed by atoms with E-state index in [2.05, 4.69) is 32.6 Å². The average Bonchev–Trinajstić information content (AvgIpc) is 2.48. The molecule has 0 saturated heterocycles. The van der Waals surface area contributed by atoms with Gasteiger partial charge in [0, 0.05) is 25.0 Å². The minimum absolute atomic E-state index is 1.02. The van der Waals surface area contributed by atoms with Gasteiger partial charge >= 0.3 is 0 Å². The number of hydrogen-bond acceptors (Lipinski definition) is 2. The van der Waals surface area contributed by atoms with Crippen molar-refractivity contribution in [2.45, 2.75) is 0 Å². The molecule has 0 spiro atoms. The average molecular weight is 285 g/mol. The predicted octanol–water partition coefficient (Wildman–Crippen LogP) is 2.09. The largest absolute Gasteiger partial charge is 0.333 e. The lowest BCUT2D eigenvalue weighted by Gasteiger charge is -2.01. The Balaban J connectivity index is 2.59. The molecule has 0 atom stereocenters. The van der Waals surface area contributed by atoms with Gasteiger partial charge in [-0.3, -0.25) is 4.98 Å². The second-order valence-corrected chi connectivity index (χ2v) is 3.75. The summed E-state index contributed by atoms with van der Waals surface area (Å²) in [5, 5.41) is 0. The van der Waals surface area contributed by atoms with E-state index in [9.17, 15) is 0 Å². The Morgan fingerprint density at radius 3 is 2.54 bits per heavy atom. The van der Waals surface area contributed by atoms with Gasteiger partial charge in [-0.2, -0.15) is 0 Å². The molecule has 0 aliphatic heterocycles. The van der Waals surface area contributed by atoms with E-state index in [1.807, 2.05) is 30.1 Å². The molecule has 3 nitrogen and oxygen atoms in total. The Labute approximate surface area is 90.0 Å². The molecule has 0 amide bonds. The lowest BCUT2D eigenvalue weighted by Crippen LogP contribution is -1.90. The lowest BCUT2D eigenvalue weighted by atomic mass is 10.2. The number of rotatable bonds is 1. The predicted molar refractivity (Wildman–Crippen MR) is 59.2 cm³/mol. The Hall–Kier alpha value is -0.910. The van der Waals surface area contributed by atoms with Crippen molar-refractivity contribution in [1.82, 2.24) is 14.5 Å². The quantitative estimate of drug-likeness (QED) is 0.751. The fourth-order valence-electron chi connectivity index (χ4n) is 1.23. The number of aromatic nitrogens is 3. The first-order valence-electron chi connectivity index (χ1n) is 3.86. The summed E-state index contributed by atoms with van der Waals surface area (Å²) in [6, 6.07) is 3.97. The SMILES string of the molecule is Cn1cnc(I)c1-c1ccncc1. The highest BCUT2D eigenvalue weighted by Gasteiger charge is 2.07. The summed E-state index contributed by atoms with van der Waals surface area (Å²) < 4.78 is 3.03. The summed E-state index contributed by atoms with van der Waals surface area (Å²) in [7, 11) is 1.99. The van der Waals surface area contributed by atoms with Gasteiger partial charge in [0.25, 0.3) is 0 Å². The summed E-state index contributed by atoms with van der Waals surface area (Å²) >= 11 is 2.23. The van der Waals surface area contributed by atoms with Crippen LogP contribution in [0.15, 0.2) is 30.9 Å². The van der Waals surface area contributed by atoms with Crippen molar-refractivity contribution >= 4 is 22.6 Å². The van der Waals surface area contributed by atoms with Crippen LogP contribution in [0.5, 0.6) is 0 Å². The van der Waals surface area contributed by atoms with Crippen molar-refractivity contribution in [3.05, 3.63) is 34.6 Å². The first-order valence-corrected chi connectivity index (χ1v) is 4.94. The van der Waals surface area contributed by atoms with E-state index in [1.54, 1.807) is 12.4 Å². The summed E-state index contributed by atoms with van der Waals surface area (Å²) in [6.07, 6.45) is 5.40. The van der Waals surface area contributed by atoms with E-state index in [-0.39, 0.29) is 0 Å². The van der Waals surface area contributed by atoms with Crippen molar-refractivity contribution < 1.29 is 0 Å². The third-order valence-corrected chi connectivity index (χ3v) is 2.64. The minimum Gasteiger partial charge on any atom is -0.333 e. The lowest BCUT2D eigenvalue weighted by molar-refractivity contribution is 0.921. The van der Waals surface area contributed by atoms with Crippen LogP contribution >= 0.6 is 22.6 Å². The zero-order chi connectivity index (χ0) is 9.26. The number of pyridine rings is 1. The van der Waals surface area contributed by atoms with Crippen LogP contribution in [0.3, 0.4) is 0 Å². The van der Waals surface area contributed by atoms with Gasteiger partial charge in [0.1, 0.15) is 3.70 Å². The molecule has 0 unspecified atom stereocenters. The summed E-state index contributed by atoms with van der Waals surface area (Å²) in [4.78, 5) is 8.20. The Bertz CT molecular complexity index is 389. The van der Waals surface area contributed by atoms with Crippen LogP contribution in [0.1, 0.15) is 0 Å². The maximum Gasteiger partial charge on any atom is 0.127 e. The molecular formula is C9H8IN3. The van der Waals surface area contributed by atoms with E-state index in [1.165, 1.54) is 0 Å². The Morgan fingerprint density at radius 2 is 2.00 bits per heavy atom. The molecule has 0 aromatic carbocycles. The van der Waals surface area contributed by atoms with E-state index in [0.717, 1.165) is 15.0 Å². The Morgan fingerprint density at radius 1 is 1.31 bits per heavy atom. The number of imidazole rings is 1. The molecule has 13 heavy (non-hydrogen) atoms. The normalized spacial score (nSPS) is 10.3. The molecule has 0 radical (unpaired) electrons. The second kappa shape index (κ2) is 3.45. The van der Waals surface area contributed by atoms with Gasteiger partial charge in [-0.15, -0.1) is 0 Å². The fraction of sp³-hybridized carbons (Fsp3) is 0.111. The highest BCUT2D eigenvalue weighted by molar-refractivity contribution is 14.1. The highest BCUT2D eigenvalue weighted by Crippen LogP contribution is 2.22. The van der Waals surface area contributed by atoms with E-state index in [4.69, 9.17) is 0 Å². The minimum atomic E-state index is 1.02. The third-order valence-electron chi connectivity index (χ3n) is 1.85. The molecule has 0 bridgehead atoms. The smallest absolute Gasteiger partial charge is 0.127 e. The first kappa shape index (κ1) is 8.68. The van der Waals surface area contributed by atoms with Crippen LogP contribution in [0, 0.1) is 3.70 Å². The highest BCUT2D eigenvalue weighted by atomic mass is 127. The fourth-order valence-corrected chi connectivity index (χ4v) is 2.05. The molecule has 4 heteroatoms. The van der Waals surface area contributed by atoms with Crippen molar-refractivity contribution in [3.8, 4) is 11.3 Å². The Kier molecular flexibility index (Phi) is 2.30. The molecule has 66 valence electrons. The second-order valence-electron chi connectivity index (χ2n) is 2.73. The van der Waals surface area contributed by atoms with E-state index in [0.29, 0.717) is 0 Å². The molecule has 2 aromatic rings. The van der Waals surface area contributed by atoms with Crippen LogP contribution in [0.2, 0.25) is 0 Å². The number of aryl methyl sites for hydroxylation is 1. The summed E-state index contributed by atoms with van der Waals surface area (Å²) in [6.45, 7) is 0. The molecule has 2 aromatic heterocycles. The number of halogens is 1. The molecule has 0 aliphatic carbocycles. The summed E-state index contributed by atoms with van der Waals surface area (Å²) in [5.41, 5.74) is 2.29. The van der Waals surface area contributed by atoms with Crippen molar-refractivity contribution in [2.75, 3.05) is 0 Å². The van der Waals surface area contributed by atoms with Crippen molar-refractivity contribution in [1.29, 1.82) is 0 Å². The monoisotopic (exact) mass is 285 g/mol. The molecule has 0 N–H and O–H groups in total. The van der Waals surface area contributed by atoms with Gasteiger partial charge in [0.15, 0.2) is 0 Å². The molecule has 2 rings (SSSR count). The number of nitrogens with zero attached hydrogens (tertiary/aromatic N) is 3. The van der Waals surface area contributed by atoms with Crippen LogP contribution in [0.4, 0.5) is 0 Å².